The van der Waals surface area contributed by atoms with Gasteiger partial charge in [-0.2, -0.15) is 0 Å². The van der Waals surface area contributed by atoms with Crippen LogP contribution in [0, 0.1) is 11.3 Å². The number of guanidine groups is 1. The van der Waals surface area contributed by atoms with Gasteiger partial charge in [0.2, 0.25) is 0 Å². The molecule has 4 atom stereocenters. The van der Waals surface area contributed by atoms with Crippen molar-refractivity contribution in [3.63, 3.8) is 0 Å². The molecule has 2 aliphatic heterocycles. The summed E-state index contributed by atoms with van der Waals surface area (Å²) in [7, 11) is 0. The summed E-state index contributed by atoms with van der Waals surface area (Å²) < 4.78 is 11.5. The van der Waals surface area contributed by atoms with E-state index in [1.807, 2.05) is 0 Å². The third kappa shape index (κ3) is 2.31. The summed E-state index contributed by atoms with van der Waals surface area (Å²) in [5, 5.41) is 0. The molecule has 3 aliphatic rings. The molecule has 0 aromatic rings. The highest BCUT2D eigenvalue weighted by Gasteiger charge is 2.58. The number of ether oxygens (including phenoxy) is 2. The van der Waals surface area contributed by atoms with Crippen LogP contribution in [-0.4, -0.2) is 55.4 Å². The summed E-state index contributed by atoms with van der Waals surface area (Å²) in [6.07, 6.45) is 2.96. The number of hydrogen-bond donors (Lipinski definition) is 1. The minimum atomic E-state index is 0.105. The minimum Gasteiger partial charge on any atom is -0.377 e. The molecule has 3 fully saturated rings. The first-order valence-corrected chi connectivity index (χ1v) is 7.81. The Morgan fingerprint density at radius 1 is 1.30 bits per heavy atom. The smallest absolute Gasteiger partial charge is 0.191 e. The zero-order chi connectivity index (χ0) is 14.3. The van der Waals surface area contributed by atoms with Crippen LogP contribution in [0.15, 0.2) is 4.99 Å². The number of nitrogens with two attached hydrogens (primary N) is 1. The normalized spacial score (nSPS) is 41.0. The molecule has 0 spiro atoms. The van der Waals surface area contributed by atoms with Gasteiger partial charge in [0, 0.05) is 31.0 Å². The Morgan fingerprint density at radius 3 is 2.85 bits per heavy atom. The van der Waals surface area contributed by atoms with Gasteiger partial charge in [0.1, 0.15) is 0 Å². The molecule has 2 N–H and O–H groups in total. The molecule has 0 aromatic heterocycles. The monoisotopic (exact) mass is 281 g/mol. The van der Waals surface area contributed by atoms with Crippen molar-refractivity contribution in [3.8, 4) is 0 Å². The quantitative estimate of drug-likeness (QED) is 0.580. The third-order valence-electron chi connectivity index (χ3n) is 5.11. The Hall–Kier alpha value is -0.810. The van der Waals surface area contributed by atoms with Crippen molar-refractivity contribution in [1.29, 1.82) is 0 Å². The summed E-state index contributed by atoms with van der Waals surface area (Å²) in [5.74, 6) is 1.23. The van der Waals surface area contributed by atoms with Gasteiger partial charge in [-0.3, -0.25) is 0 Å². The Labute approximate surface area is 121 Å². The molecule has 0 amide bonds. The molecule has 1 aliphatic carbocycles. The van der Waals surface area contributed by atoms with Gasteiger partial charge < -0.3 is 20.1 Å². The van der Waals surface area contributed by atoms with Crippen LogP contribution in [0.4, 0.5) is 0 Å². The second kappa shape index (κ2) is 5.19. The van der Waals surface area contributed by atoms with E-state index in [2.05, 4.69) is 25.7 Å². The largest absolute Gasteiger partial charge is 0.377 e. The average molecular weight is 281 g/mol. The van der Waals surface area contributed by atoms with E-state index in [4.69, 9.17) is 20.2 Å². The van der Waals surface area contributed by atoms with Crippen LogP contribution < -0.4 is 5.73 Å². The van der Waals surface area contributed by atoms with Crippen LogP contribution in [0.2, 0.25) is 0 Å². The number of aliphatic imine (C=N–C) groups is 1. The summed E-state index contributed by atoms with van der Waals surface area (Å²) in [4.78, 5) is 7.02. The van der Waals surface area contributed by atoms with E-state index in [0.29, 0.717) is 24.0 Å². The fourth-order valence-electron chi connectivity index (χ4n) is 4.01. The lowest BCUT2D eigenvalue weighted by molar-refractivity contribution is -0.182. The first-order chi connectivity index (χ1) is 9.50. The summed E-state index contributed by atoms with van der Waals surface area (Å²) in [6.45, 7) is 9.91. The SMILES string of the molecule is CC1CN(C(N)=NC2C3CCCOC3C2(C)C)CCO1. The molecule has 1 saturated carbocycles. The zero-order valence-electron chi connectivity index (χ0n) is 12.8. The molecule has 0 bridgehead atoms. The zero-order valence-corrected chi connectivity index (χ0v) is 12.8. The molecule has 0 aromatic carbocycles. The van der Waals surface area contributed by atoms with Crippen LogP contribution in [0.3, 0.4) is 0 Å². The van der Waals surface area contributed by atoms with Gasteiger partial charge in [-0.1, -0.05) is 13.8 Å². The van der Waals surface area contributed by atoms with Crippen molar-refractivity contribution in [2.45, 2.75) is 51.9 Å². The minimum absolute atomic E-state index is 0.105. The van der Waals surface area contributed by atoms with Gasteiger partial charge in [-0.25, -0.2) is 4.99 Å². The average Bonchev–Trinajstić information content (AvgIpc) is 2.44. The molecule has 2 saturated heterocycles. The number of morpholine rings is 1. The van der Waals surface area contributed by atoms with Gasteiger partial charge in [0.15, 0.2) is 5.96 Å². The lowest BCUT2D eigenvalue weighted by Crippen LogP contribution is -2.64. The molecule has 5 heteroatoms. The van der Waals surface area contributed by atoms with E-state index in [9.17, 15) is 0 Å². The molecule has 5 nitrogen and oxygen atoms in total. The summed E-state index contributed by atoms with van der Waals surface area (Å²) in [5.41, 5.74) is 6.35. The van der Waals surface area contributed by atoms with Gasteiger partial charge in [-0.05, 0) is 19.8 Å². The lowest BCUT2D eigenvalue weighted by atomic mass is 9.55. The molecule has 114 valence electrons. The van der Waals surface area contributed by atoms with E-state index in [1.54, 1.807) is 0 Å². The topological polar surface area (TPSA) is 60.1 Å². The summed E-state index contributed by atoms with van der Waals surface area (Å²) >= 11 is 0. The highest BCUT2D eigenvalue weighted by Crippen LogP contribution is 2.53. The van der Waals surface area contributed by atoms with E-state index in [-0.39, 0.29) is 11.5 Å². The second-order valence-corrected chi connectivity index (χ2v) is 6.98. The Morgan fingerprint density at radius 2 is 2.10 bits per heavy atom. The van der Waals surface area contributed by atoms with Crippen LogP contribution in [-0.2, 0) is 9.47 Å². The predicted octanol–water partition coefficient (Wildman–Crippen LogP) is 1.23. The maximum absolute atomic E-state index is 6.24. The maximum Gasteiger partial charge on any atom is 0.191 e. The molecule has 3 rings (SSSR count). The number of nitrogens with zero attached hydrogens (tertiary/aromatic N) is 2. The van der Waals surface area contributed by atoms with Crippen molar-refractivity contribution >= 4 is 5.96 Å². The number of hydrogen-bond acceptors (Lipinski definition) is 3. The van der Waals surface area contributed by atoms with E-state index >= 15 is 0 Å². The van der Waals surface area contributed by atoms with Crippen molar-refractivity contribution in [2.75, 3.05) is 26.3 Å². The fourth-order valence-corrected chi connectivity index (χ4v) is 4.01. The van der Waals surface area contributed by atoms with Crippen molar-refractivity contribution < 1.29 is 9.47 Å². The van der Waals surface area contributed by atoms with Gasteiger partial charge in [-0.15, -0.1) is 0 Å². The number of fused-ring (bicyclic) bond motifs is 1. The van der Waals surface area contributed by atoms with Gasteiger partial charge in [0.05, 0.1) is 24.9 Å². The highest BCUT2D eigenvalue weighted by atomic mass is 16.5. The van der Waals surface area contributed by atoms with Crippen molar-refractivity contribution in [2.24, 2.45) is 22.1 Å². The van der Waals surface area contributed by atoms with E-state index < -0.39 is 0 Å². The molecular formula is C15H27N3O2. The second-order valence-electron chi connectivity index (χ2n) is 6.98. The van der Waals surface area contributed by atoms with Crippen molar-refractivity contribution in [3.05, 3.63) is 0 Å². The Kier molecular flexibility index (Phi) is 3.67. The van der Waals surface area contributed by atoms with Crippen LogP contribution in [0.1, 0.15) is 33.6 Å². The predicted molar refractivity (Wildman–Crippen MR) is 78.6 cm³/mol. The van der Waals surface area contributed by atoms with Gasteiger partial charge >= 0.3 is 0 Å². The van der Waals surface area contributed by atoms with E-state index in [0.717, 1.165) is 32.7 Å². The van der Waals surface area contributed by atoms with E-state index in [1.165, 1.54) is 6.42 Å². The summed E-state index contributed by atoms with van der Waals surface area (Å²) in [6, 6.07) is 0.297. The Balaban J connectivity index is 1.70. The Bertz CT molecular complexity index is 397. The number of rotatable bonds is 1. The van der Waals surface area contributed by atoms with Crippen LogP contribution in [0.5, 0.6) is 0 Å². The molecule has 0 radical (unpaired) electrons. The fraction of sp³-hybridized carbons (Fsp3) is 0.933. The molecule has 20 heavy (non-hydrogen) atoms. The molecule has 2 heterocycles. The first-order valence-electron chi connectivity index (χ1n) is 7.81. The van der Waals surface area contributed by atoms with Crippen LogP contribution in [0.25, 0.3) is 0 Å². The highest BCUT2D eigenvalue weighted by molar-refractivity contribution is 5.78. The molecule has 4 unspecified atom stereocenters. The van der Waals surface area contributed by atoms with Gasteiger partial charge in [0.25, 0.3) is 0 Å². The lowest BCUT2D eigenvalue weighted by Gasteiger charge is -2.58. The van der Waals surface area contributed by atoms with Crippen molar-refractivity contribution in [1.82, 2.24) is 4.90 Å². The standard InChI is InChI=1S/C15H27N3O2/c1-10-9-18(6-8-19-10)14(16)17-12-11-5-4-7-20-13(11)15(12,2)3/h10-13H,4-9H2,1-3H3,(H2,16,17). The van der Waals surface area contributed by atoms with Crippen LogP contribution >= 0.6 is 0 Å². The molecular weight excluding hydrogens is 254 g/mol. The maximum atomic E-state index is 6.24. The third-order valence-corrected chi connectivity index (χ3v) is 5.11. The first kappa shape index (κ1) is 14.1.